The molecule has 404 valence electrons. The van der Waals surface area contributed by atoms with E-state index >= 15 is 0 Å². The van der Waals surface area contributed by atoms with Crippen molar-refractivity contribution in [1.82, 2.24) is 19.5 Å². The minimum atomic E-state index is -0.690. The second kappa shape index (κ2) is 20.8. The van der Waals surface area contributed by atoms with Crippen LogP contribution in [-0.2, 0) is 38.6 Å². The van der Waals surface area contributed by atoms with Crippen molar-refractivity contribution in [3.8, 4) is 115 Å². The number of nitrogens with two attached hydrogens (primary N) is 1. The lowest BCUT2D eigenvalue weighted by atomic mass is 9.91. The summed E-state index contributed by atoms with van der Waals surface area (Å²) in [6.07, 6.45) is -0.185. The number of benzene rings is 5. The standard InChI is InChI=1S/C51H55N5O20/c1-67-40-19-12-20-31(58)43(70-4)22(33(60)41(20)68-2)14-24-35(62)47(74-8)26(37(64)45(24)72-6)16-28-38(65)48(75-9)27(39(66)49(28)76-11-10-56-18-55-29-50(52)53-17-54-51(29)56)15-25-36(63)44(71-5)23(34(61)46(25)73-7)13-21(32(40)59)42(69-3)30(19)57/h17-18,57-66H,10-16H2,1-9H3,(H2,52,53,54). The molecule has 0 saturated heterocycles. The van der Waals surface area contributed by atoms with E-state index in [1.54, 1.807) is 4.57 Å². The molecule has 25 nitrogen and oxygen atoms in total. The fourth-order valence-electron chi connectivity index (χ4n) is 9.84. The number of aromatic hydroxyl groups is 10. The molecule has 0 aliphatic heterocycles. The van der Waals surface area contributed by atoms with E-state index in [0.29, 0.717) is 11.2 Å². The molecular formula is C51H55N5O20. The number of rotatable bonds is 13. The van der Waals surface area contributed by atoms with E-state index in [4.69, 9.17) is 53.1 Å². The summed E-state index contributed by atoms with van der Waals surface area (Å²) in [6, 6.07) is 0. The van der Waals surface area contributed by atoms with Gasteiger partial charge in [0.1, 0.15) is 18.5 Å². The Kier molecular flexibility index (Phi) is 14.4. The normalized spacial score (nSPS) is 12.2. The topological polar surface area (TPSA) is 364 Å². The van der Waals surface area contributed by atoms with E-state index in [0.717, 1.165) is 0 Å². The number of hydrogen-bond donors (Lipinski definition) is 11. The predicted octanol–water partition coefficient (Wildman–Crippen LogP) is 4.89. The molecule has 10 aliphatic rings. The van der Waals surface area contributed by atoms with E-state index in [1.165, 1.54) is 76.6 Å². The van der Waals surface area contributed by atoms with Crippen molar-refractivity contribution in [2.45, 2.75) is 38.6 Å². The number of nitrogens with zero attached hydrogens (tertiary/aromatic N) is 4. The van der Waals surface area contributed by atoms with Gasteiger partial charge in [0.2, 0.25) is 0 Å². The second-order valence-electron chi connectivity index (χ2n) is 17.0. The van der Waals surface area contributed by atoms with Crippen LogP contribution in [-0.4, -0.2) is 141 Å². The van der Waals surface area contributed by atoms with Gasteiger partial charge in [-0.15, -0.1) is 0 Å². The molecule has 10 bridgehead atoms. The molecule has 12 N–H and O–H groups in total. The van der Waals surface area contributed by atoms with E-state index in [2.05, 4.69) is 15.0 Å². The fourth-order valence-corrected chi connectivity index (χ4v) is 9.84. The first kappa shape index (κ1) is 52.8. The number of aromatic nitrogens is 4. The van der Waals surface area contributed by atoms with Crippen LogP contribution in [0.25, 0.3) is 11.2 Å². The van der Waals surface area contributed by atoms with Crippen LogP contribution < -0.4 is 53.1 Å². The molecule has 0 saturated carbocycles. The van der Waals surface area contributed by atoms with E-state index in [9.17, 15) is 51.1 Å². The number of anilines is 1. The lowest BCUT2D eigenvalue weighted by molar-refractivity contribution is 0.275. The molecule has 2 aromatic heterocycles. The van der Waals surface area contributed by atoms with Gasteiger partial charge in [-0.05, 0) is 0 Å². The molecule has 0 amide bonds. The van der Waals surface area contributed by atoms with Crippen molar-refractivity contribution in [3.63, 3.8) is 0 Å². The minimum Gasteiger partial charge on any atom is -0.504 e. The number of phenols is 10. The highest BCUT2D eigenvalue weighted by molar-refractivity contribution is 5.81. The summed E-state index contributed by atoms with van der Waals surface area (Å²) < 4.78 is 59.1. The number of phenolic OH excluding ortho intramolecular Hbond substituents is 10. The quantitative estimate of drug-likeness (QED) is 0.0685. The van der Waals surface area contributed by atoms with Crippen LogP contribution in [0, 0.1) is 0 Å². The highest BCUT2D eigenvalue weighted by Gasteiger charge is 2.37. The van der Waals surface area contributed by atoms with Gasteiger partial charge >= 0.3 is 0 Å². The molecule has 7 aromatic rings. The highest BCUT2D eigenvalue weighted by atomic mass is 16.5. The first-order valence-corrected chi connectivity index (χ1v) is 22.8. The van der Waals surface area contributed by atoms with Gasteiger partial charge in [0, 0.05) is 87.7 Å². The van der Waals surface area contributed by atoms with E-state index < -0.39 is 107 Å². The molecular weight excluding hydrogens is 1000 g/mol. The Balaban J connectivity index is 1.46. The Morgan fingerprint density at radius 2 is 0.605 bits per heavy atom. The van der Waals surface area contributed by atoms with Gasteiger partial charge in [-0.1, -0.05) is 0 Å². The number of nitrogen functional groups attached to an aromatic ring is 1. The van der Waals surface area contributed by atoms with Crippen LogP contribution in [0.5, 0.6) is 115 Å². The molecule has 0 atom stereocenters. The lowest BCUT2D eigenvalue weighted by Crippen LogP contribution is -2.11. The van der Waals surface area contributed by atoms with Crippen molar-refractivity contribution in [2.75, 3.05) is 76.3 Å². The zero-order valence-corrected chi connectivity index (χ0v) is 42.5. The smallest absolute Gasteiger partial charge is 0.168 e. The highest BCUT2D eigenvalue weighted by Crippen LogP contribution is 2.59. The van der Waals surface area contributed by atoms with E-state index in [-0.39, 0.29) is 115 Å². The Labute approximate surface area is 432 Å². The van der Waals surface area contributed by atoms with Gasteiger partial charge in [-0.2, -0.15) is 0 Å². The summed E-state index contributed by atoms with van der Waals surface area (Å²) in [5.41, 5.74) is 4.47. The summed E-state index contributed by atoms with van der Waals surface area (Å²) in [5.74, 6) is -10.3. The van der Waals surface area contributed by atoms with Gasteiger partial charge in [0.15, 0.2) is 126 Å². The molecule has 0 spiro atoms. The third-order valence-corrected chi connectivity index (χ3v) is 13.4. The van der Waals surface area contributed by atoms with Crippen LogP contribution in [0.3, 0.4) is 0 Å². The van der Waals surface area contributed by atoms with Gasteiger partial charge in [-0.3, -0.25) is 0 Å². The number of methoxy groups -OCH3 is 9. The maximum absolute atomic E-state index is 12.5. The van der Waals surface area contributed by atoms with Crippen LogP contribution in [0.2, 0.25) is 0 Å². The Bertz CT molecular complexity index is 3450. The van der Waals surface area contributed by atoms with Gasteiger partial charge in [0.05, 0.1) is 76.9 Å². The van der Waals surface area contributed by atoms with Crippen molar-refractivity contribution >= 4 is 17.0 Å². The lowest BCUT2D eigenvalue weighted by Gasteiger charge is -2.25. The summed E-state index contributed by atoms with van der Waals surface area (Å²) in [6.45, 7) is -0.259. The molecule has 0 radical (unpaired) electrons. The monoisotopic (exact) mass is 1060 g/mol. The zero-order chi connectivity index (χ0) is 55.2. The Hall–Kier alpha value is -9.55. The summed E-state index contributed by atoms with van der Waals surface area (Å²) in [7, 11) is 10.6. The number of imidazole rings is 1. The first-order chi connectivity index (χ1) is 36.4. The van der Waals surface area contributed by atoms with Crippen molar-refractivity contribution in [2.24, 2.45) is 0 Å². The molecule has 2 heterocycles. The third kappa shape index (κ3) is 8.24. The van der Waals surface area contributed by atoms with Crippen LogP contribution >= 0.6 is 0 Å². The zero-order valence-electron chi connectivity index (χ0n) is 42.5. The second-order valence-corrected chi connectivity index (χ2v) is 17.0. The molecule has 0 fully saturated rings. The largest absolute Gasteiger partial charge is 0.504 e. The van der Waals surface area contributed by atoms with Crippen LogP contribution in [0.1, 0.15) is 55.6 Å². The molecule has 17 rings (SSSR count). The predicted molar refractivity (Wildman–Crippen MR) is 267 cm³/mol. The average molecular weight is 1060 g/mol. The van der Waals surface area contributed by atoms with Crippen molar-refractivity contribution < 1.29 is 98.4 Å². The van der Waals surface area contributed by atoms with Crippen LogP contribution in [0.4, 0.5) is 5.82 Å². The molecule has 25 heteroatoms. The van der Waals surface area contributed by atoms with Gasteiger partial charge in [0.25, 0.3) is 0 Å². The van der Waals surface area contributed by atoms with Crippen molar-refractivity contribution in [1.29, 1.82) is 0 Å². The summed E-state index contributed by atoms with van der Waals surface area (Å²) >= 11 is 0. The maximum Gasteiger partial charge on any atom is 0.168 e. The van der Waals surface area contributed by atoms with E-state index in [1.807, 2.05) is 0 Å². The fraction of sp³-hybridized carbons (Fsp3) is 0.314. The average Bonchev–Trinajstić information content (AvgIpc) is 3.85. The maximum atomic E-state index is 12.5. The molecule has 76 heavy (non-hydrogen) atoms. The first-order valence-electron chi connectivity index (χ1n) is 22.8. The number of ether oxygens (including phenoxy) is 10. The summed E-state index contributed by atoms with van der Waals surface area (Å²) in [5, 5.41) is 122. The Morgan fingerprint density at radius 1 is 0.368 bits per heavy atom. The van der Waals surface area contributed by atoms with Crippen LogP contribution in [0.15, 0.2) is 12.7 Å². The number of hydrogen-bond acceptors (Lipinski definition) is 24. The SMILES string of the molecule is COc1c(O)c2c(OC)c(O)c1Cc1c(O)c(OC)c(c(O)c1OC)Cc1c(O)c(OC)c(c(O)c1OC)Cc1c(O)c(OC)c(c(O)c1OCCn1cnc3c(N)ncnc31)Cc1c(O)c(OC)c(c(O)c1OC)C2. The molecule has 10 aliphatic carbocycles. The van der Waals surface area contributed by atoms with Crippen molar-refractivity contribution in [3.05, 3.63) is 68.3 Å². The third-order valence-electron chi connectivity index (χ3n) is 13.4. The Morgan fingerprint density at radius 3 is 0.855 bits per heavy atom. The minimum absolute atomic E-state index is 0.0112. The summed E-state index contributed by atoms with van der Waals surface area (Å²) in [4.78, 5) is 12.5. The number of fused-ring (bicyclic) bond motifs is 1. The van der Waals surface area contributed by atoms with Gasteiger partial charge < -0.3 is 109 Å². The van der Waals surface area contributed by atoms with Gasteiger partial charge in [-0.25, -0.2) is 15.0 Å². The molecule has 0 unspecified atom stereocenters. The molecule has 5 aromatic carbocycles.